The van der Waals surface area contributed by atoms with E-state index in [0.717, 1.165) is 5.56 Å². The van der Waals surface area contributed by atoms with Crippen LogP contribution in [0.4, 0.5) is 4.79 Å². The number of benzene rings is 1. The number of alkyl carbamates (subject to hydrolysis) is 1. The van der Waals surface area contributed by atoms with Gasteiger partial charge in [0.15, 0.2) is 0 Å². The maximum Gasteiger partial charge on any atom is 0.407 e. The average molecular weight is 221 g/mol. The first-order valence-electron chi connectivity index (χ1n) is 5.55. The Morgan fingerprint density at radius 2 is 2.12 bits per heavy atom. The van der Waals surface area contributed by atoms with Gasteiger partial charge in [-0.15, -0.1) is 0 Å². The molecule has 0 fully saturated rings. The van der Waals surface area contributed by atoms with Crippen molar-refractivity contribution in [3.05, 3.63) is 34.9 Å². The van der Waals surface area contributed by atoms with Crippen molar-refractivity contribution in [1.82, 2.24) is 5.32 Å². The van der Waals surface area contributed by atoms with Crippen molar-refractivity contribution >= 4 is 6.09 Å². The van der Waals surface area contributed by atoms with E-state index in [2.05, 4.69) is 18.3 Å². The van der Waals surface area contributed by atoms with E-state index in [4.69, 9.17) is 4.74 Å². The third-order valence-electron chi connectivity index (χ3n) is 2.50. The Labute approximate surface area is 96.8 Å². The van der Waals surface area contributed by atoms with E-state index in [1.165, 1.54) is 11.1 Å². The maximum atomic E-state index is 11.3. The highest BCUT2D eigenvalue weighted by Crippen LogP contribution is 2.18. The van der Waals surface area contributed by atoms with E-state index in [1.807, 2.05) is 26.0 Å². The molecule has 88 valence electrons. The number of carbonyl (C=O) groups is 1. The summed E-state index contributed by atoms with van der Waals surface area (Å²) in [6.45, 7) is 8.24. The van der Waals surface area contributed by atoms with Crippen LogP contribution in [0.15, 0.2) is 18.2 Å². The standard InChI is InChI=1S/C13H19NO2/c1-5-16-13(15)14-11(4)12-7-6-9(2)8-10(12)3/h6-8,11H,5H2,1-4H3,(H,14,15). The lowest BCUT2D eigenvalue weighted by molar-refractivity contribution is 0.149. The van der Waals surface area contributed by atoms with Crippen molar-refractivity contribution in [2.45, 2.75) is 33.7 Å². The van der Waals surface area contributed by atoms with Gasteiger partial charge < -0.3 is 10.1 Å². The van der Waals surface area contributed by atoms with Crippen LogP contribution in [0, 0.1) is 13.8 Å². The molecule has 1 amide bonds. The molecule has 0 aliphatic heterocycles. The minimum absolute atomic E-state index is 0.0281. The number of rotatable bonds is 3. The molecule has 1 unspecified atom stereocenters. The molecule has 0 radical (unpaired) electrons. The molecular weight excluding hydrogens is 202 g/mol. The molecule has 1 N–H and O–H groups in total. The number of ether oxygens (including phenoxy) is 1. The lowest BCUT2D eigenvalue weighted by Crippen LogP contribution is -2.27. The molecule has 0 aromatic heterocycles. The van der Waals surface area contributed by atoms with Gasteiger partial charge in [0.2, 0.25) is 0 Å². The summed E-state index contributed by atoms with van der Waals surface area (Å²) in [5.41, 5.74) is 3.53. The normalized spacial score (nSPS) is 12.0. The second kappa shape index (κ2) is 5.54. The second-order valence-electron chi connectivity index (χ2n) is 3.95. The zero-order valence-electron chi connectivity index (χ0n) is 10.3. The molecule has 0 spiro atoms. The predicted molar refractivity (Wildman–Crippen MR) is 64.5 cm³/mol. The summed E-state index contributed by atoms with van der Waals surface area (Å²) in [5, 5.41) is 2.80. The number of nitrogens with one attached hydrogen (secondary N) is 1. The average Bonchev–Trinajstić information content (AvgIpc) is 2.17. The minimum atomic E-state index is -0.366. The van der Waals surface area contributed by atoms with Crippen LogP contribution in [0.5, 0.6) is 0 Å². The van der Waals surface area contributed by atoms with E-state index in [0.29, 0.717) is 6.61 Å². The number of aryl methyl sites for hydroxylation is 2. The van der Waals surface area contributed by atoms with Crippen LogP contribution < -0.4 is 5.32 Å². The highest BCUT2D eigenvalue weighted by molar-refractivity contribution is 5.67. The highest BCUT2D eigenvalue weighted by atomic mass is 16.5. The molecule has 0 aliphatic rings. The van der Waals surface area contributed by atoms with E-state index >= 15 is 0 Å². The second-order valence-corrected chi connectivity index (χ2v) is 3.95. The summed E-state index contributed by atoms with van der Waals surface area (Å²) >= 11 is 0. The van der Waals surface area contributed by atoms with Gasteiger partial charge in [0.1, 0.15) is 0 Å². The fourth-order valence-electron chi connectivity index (χ4n) is 1.74. The molecule has 1 aromatic carbocycles. The molecular formula is C13H19NO2. The molecule has 0 aliphatic carbocycles. The summed E-state index contributed by atoms with van der Waals surface area (Å²) in [5.74, 6) is 0. The number of carbonyl (C=O) groups excluding carboxylic acids is 1. The summed E-state index contributed by atoms with van der Waals surface area (Å²) in [7, 11) is 0. The summed E-state index contributed by atoms with van der Waals surface area (Å²) in [4.78, 5) is 11.3. The van der Waals surface area contributed by atoms with Crippen molar-refractivity contribution in [3.8, 4) is 0 Å². The highest BCUT2D eigenvalue weighted by Gasteiger charge is 2.11. The first-order valence-corrected chi connectivity index (χ1v) is 5.55. The molecule has 3 heteroatoms. The van der Waals surface area contributed by atoms with Gasteiger partial charge in [-0.25, -0.2) is 4.79 Å². The lowest BCUT2D eigenvalue weighted by atomic mass is 10.0. The van der Waals surface area contributed by atoms with Gasteiger partial charge >= 0.3 is 6.09 Å². The first-order chi connectivity index (χ1) is 7.54. The van der Waals surface area contributed by atoms with Crippen molar-refractivity contribution in [3.63, 3.8) is 0 Å². The van der Waals surface area contributed by atoms with Gasteiger partial charge in [0, 0.05) is 0 Å². The number of amides is 1. The van der Waals surface area contributed by atoms with Crippen molar-refractivity contribution in [1.29, 1.82) is 0 Å². The third-order valence-corrected chi connectivity index (χ3v) is 2.50. The lowest BCUT2D eigenvalue weighted by Gasteiger charge is -2.16. The Hall–Kier alpha value is -1.51. The van der Waals surface area contributed by atoms with Crippen LogP contribution in [0.3, 0.4) is 0 Å². The zero-order valence-corrected chi connectivity index (χ0v) is 10.3. The van der Waals surface area contributed by atoms with Crippen LogP contribution >= 0.6 is 0 Å². The quantitative estimate of drug-likeness (QED) is 0.851. The molecule has 1 atom stereocenters. The zero-order chi connectivity index (χ0) is 12.1. The van der Waals surface area contributed by atoms with Crippen LogP contribution in [0.25, 0.3) is 0 Å². The van der Waals surface area contributed by atoms with Crippen molar-refractivity contribution in [2.75, 3.05) is 6.61 Å². The van der Waals surface area contributed by atoms with Gasteiger partial charge in [-0.3, -0.25) is 0 Å². The maximum absolute atomic E-state index is 11.3. The van der Waals surface area contributed by atoms with Crippen molar-refractivity contribution in [2.24, 2.45) is 0 Å². The monoisotopic (exact) mass is 221 g/mol. The molecule has 0 saturated heterocycles. The topological polar surface area (TPSA) is 38.3 Å². The van der Waals surface area contributed by atoms with Gasteiger partial charge in [-0.05, 0) is 38.8 Å². The minimum Gasteiger partial charge on any atom is -0.450 e. The molecule has 16 heavy (non-hydrogen) atoms. The largest absolute Gasteiger partial charge is 0.450 e. The predicted octanol–water partition coefficient (Wildman–Crippen LogP) is 3.11. The Morgan fingerprint density at radius 3 is 2.69 bits per heavy atom. The fraction of sp³-hybridized carbons (Fsp3) is 0.462. The Morgan fingerprint density at radius 1 is 1.44 bits per heavy atom. The summed E-state index contributed by atoms with van der Waals surface area (Å²) in [6.07, 6.45) is -0.366. The molecule has 1 aromatic rings. The van der Waals surface area contributed by atoms with Crippen LogP contribution in [0.2, 0.25) is 0 Å². The molecule has 0 heterocycles. The molecule has 0 saturated carbocycles. The number of hydrogen-bond donors (Lipinski definition) is 1. The van der Waals surface area contributed by atoms with Gasteiger partial charge in [-0.2, -0.15) is 0 Å². The van der Waals surface area contributed by atoms with Gasteiger partial charge in [0.05, 0.1) is 12.6 Å². The summed E-state index contributed by atoms with van der Waals surface area (Å²) in [6, 6.07) is 6.17. The van der Waals surface area contributed by atoms with E-state index in [1.54, 1.807) is 6.92 Å². The van der Waals surface area contributed by atoms with Gasteiger partial charge in [-0.1, -0.05) is 23.8 Å². The van der Waals surface area contributed by atoms with Crippen molar-refractivity contribution < 1.29 is 9.53 Å². The fourth-order valence-corrected chi connectivity index (χ4v) is 1.74. The van der Waals surface area contributed by atoms with Gasteiger partial charge in [0.25, 0.3) is 0 Å². The summed E-state index contributed by atoms with van der Waals surface area (Å²) < 4.78 is 4.85. The van der Waals surface area contributed by atoms with E-state index in [-0.39, 0.29) is 12.1 Å². The third kappa shape index (κ3) is 3.26. The smallest absolute Gasteiger partial charge is 0.407 e. The van der Waals surface area contributed by atoms with E-state index in [9.17, 15) is 4.79 Å². The first kappa shape index (κ1) is 12.6. The van der Waals surface area contributed by atoms with Crippen LogP contribution in [-0.4, -0.2) is 12.7 Å². The Kier molecular flexibility index (Phi) is 4.35. The van der Waals surface area contributed by atoms with Crippen LogP contribution in [-0.2, 0) is 4.74 Å². The van der Waals surface area contributed by atoms with E-state index < -0.39 is 0 Å². The Balaban J connectivity index is 2.72. The number of hydrogen-bond acceptors (Lipinski definition) is 2. The SMILES string of the molecule is CCOC(=O)NC(C)c1ccc(C)cc1C. The van der Waals surface area contributed by atoms with Crippen LogP contribution in [0.1, 0.15) is 36.6 Å². The Bertz CT molecular complexity index is 374. The molecule has 3 nitrogen and oxygen atoms in total. The molecule has 1 rings (SSSR count). The molecule has 0 bridgehead atoms.